The number of carbonyl (C=O) groups is 2. The van der Waals surface area contributed by atoms with Gasteiger partial charge in [0.2, 0.25) is 11.8 Å². The summed E-state index contributed by atoms with van der Waals surface area (Å²) in [6, 6.07) is 18.8. The van der Waals surface area contributed by atoms with E-state index in [1.807, 2.05) is 24.4 Å². The number of nitrogens with zero attached hydrogens (tertiary/aromatic N) is 18. The Morgan fingerprint density at radius 2 is 0.791 bits per heavy atom. The lowest BCUT2D eigenvalue weighted by atomic mass is 9.92. The van der Waals surface area contributed by atoms with E-state index in [0.717, 1.165) is 287 Å². The van der Waals surface area contributed by atoms with Gasteiger partial charge >= 0.3 is 0 Å². The van der Waals surface area contributed by atoms with Gasteiger partial charge in [-0.05, 0) is 121 Å². The van der Waals surface area contributed by atoms with Gasteiger partial charge in [-0.15, -0.1) is 0 Å². The van der Waals surface area contributed by atoms with Gasteiger partial charge in [-0.3, -0.25) is 24.5 Å². The molecule has 30 nitrogen and oxygen atoms in total. The molecule has 0 unspecified atom stereocenters. The van der Waals surface area contributed by atoms with Crippen LogP contribution in [-0.4, -0.2) is 265 Å². The second-order valence-electron chi connectivity index (χ2n) is 29.5. The van der Waals surface area contributed by atoms with E-state index in [0.29, 0.717) is 29.1 Å². The lowest BCUT2D eigenvalue weighted by Gasteiger charge is -2.33. The van der Waals surface area contributed by atoms with Crippen molar-refractivity contribution in [1.82, 2.24) is 75.3 Å². The Balaban J connectivity index is 0.000000132. The fraction of sp³-hybridized carbons (Fsp3) is 0.512. The van der Waals surface area contributed by atoms with E-state index in [9.17, 15) is 9.59 Å². The first kappa shape index (κ1) is 75.2. The summed E-state index contributed by atoms with van der Waals surface area (Å²) in [5, 5.41) is 9.85. The SMILES string of the molecule is CN1CCN(c2ccc(C(=O)NC3CCC(Oc4cc(N5CCOCC5)cc5nccnc45)CC3)nc2)CC1.CN1CCN(c2ncc(C(=O)NC3CCC(Oc4cc(N5CCOCC5)cc5nccnc45)CC3)cn2)CC1.COc1cc(NC2CCC(Oc3cc(N4CCOCC4)cc4nccnc34)CC2)ncn1. The molecule has 0 spiro atoms. The third kappa shape index (κ3) is 19.5. The molecule has 0 atom stereocenters. The number of likely N-dealkylation sites (N-methyl/N-ethyl adjacent to an activating group) is 2. The molecule has 6 aromatic heterocycles. The number of pyridine rings is 1. The summed E-state index contributed by atoms with van der Waals surface area (Å²) in [5.41, 5.74) is 10.3. The molecule has 8 aliphatic rings. The molecule has 3 aliphatic carbocycles. The zero-order valence-electron chi connectivity index (χ0n) is 63.3. The minimum Gasteiger partial charge on any atom is -0.488 e. The highest BCUT2D eigenvalue weighted by molar-refractivity contribution is 5.94. The zero-order valence-corrected chi connectivity index (χ0v) is 63.3. The van der Waals surface area contributed by atoms with Crippen molar-refractivity contribution in [3.63, 3.8) is 0 Å². The Morgan fingerprint density at radius 1 is 0.391 bits per heavy atom. The number of morpholine rings is 3. The van der Waals surface area contributed by atoms with Gasteiger partial charge < -0.3 is 83.4 Å². The molecule has 0 bridgehead atoms. The maximum absolute atomic E-state index is 12.9. The van der Waals surface area contributed by atoms with Crippen molar-refractivity contribution < 1.29 is 42.7 Å². The van der Waals surface area contributed by atoms with Crippen LogP contribution in [0.5, 0.6) is 23.1 Å². The second kappa shape index (κ2) is 36.5. The van der Waals surface area contributed by atoms with Crippen molar-refractivity contribution in [3.05, 3.63) is 128 Å². The number of piperazine rings is 2. The Kier molecular flexibility index (Phi) is 24.9. The number of carbonyl (C=O) groups excluding carboxylic acids is 2. The van der Waals surface area contributed by atoms with Gasteiger partial charge in [-0.1, -0.05) is 0 Å². The first-order valence-electron chi connectivity index (χ1n) is 39.1. The van der Waals surface area contributed by atoms with Crippen molar-refractivity contribution in [1.29, 1.82) is 0 Å². The zero-order chi connectivity index (χ0) is 75.0. The molecular formula is C80H101N21O9. The molecule has 30 heteroatoms. The molecule has 3 saturated carbocycles. The molecule has 9 aromatic rings. The first-order valence-corrected chi connectivity index (χ1v) is 39.1. The van der Waals surface area contributed by atoms with Crippen LogP contribution in [0, 0.1) is 0 Å². The highest BCUT2D eigenvalue weighted by Crippen LogP contribution is 2.37. The number of fused-ring (bicyclic) bond motifs is 3. The molecule has 3 aromatic carbocycles. The molecule has 2 amide bonds. The molecule has 17 rings (SSSR count). The Bertz CT molecular complexity index is 4280. The summed E-state index contributed by atoms with van der Waals surface area (Å²) in [6.07, 6.45) is 28.0. The van der Waals surface area contributed by atoms with Crippen molar-refractivity contribution in [2.24, 2.45) is 0 Å². The van der Waals surface area contributed by atoms with E-state index in [1.165, 1.54) is 6.33 Å². The average Bonchev–Trinajstić information content (AvgIpc) is 0.865. The van der Waals surface area contributed by atoms with E-state index in [4.69, 9.17) is 33.2 Å². The third-order valence-electron chi connectivity index (χ3n) is 22.0. The van der Waals surface area contributed by atoms with Crippen molar-refractivity contribution in [3.8, 4) is 23.1 Å². The average molecular weight is 1500 g/mol. The lowest BCUT2D eigenvalue weighted by Crippen LogP contribution is -2.45. The van der Waals surface area contributed by atoms with Crippen LogP contribution in [0.2, 0.25) is 0 Å². The maximum atomic E-state index is 12.9. The number of hydrogen-bond acceptors (Lipinski definition) is 28. The summed E-state index contributed by atoms with van der Waals surface area (Å²) in [7, 11) is 5.87. The highest BCUT2D eigenvalue weighted by atomic mass is 16.5. The van der Waals surface area contributed by atoms with E-state index >= 15 is 0 Å². The molecule has 580 valence electrons. The van der Waals surface area contributed by atoms with Crippen molar-refractivity contribution in [2.45, 2.75) is 113 Å². The van der Waals surface area contributed by atoms with Gasteiger partial charge in [0, 0.05) is 201 Å². The Morgan fingerprint density at radius 3 is 1.21 bits per heavy atom. The molecule has 5 aliphatic heterocycles. The minimum atomic E-state index is -0.122. The Hall–Kier alpha value is -10.3. The van der Waals surface area contributed by atoms with E-state index in [-0.39, 0.29) is 42.2 Å². The number of rotatable bonds is 18. The molecule has 11 heterocycles. The number of ether oxygens (including phenoxy) is 7. The first-order chi connectivity index (χ1) is 54.0. The summed E-state index contributed by atoms with van der Waals surface area (Å²) in [5.74, 6) is 4.17. The summed E-state index contributed by atoms with van der Waals surface area (Å²) in [6.45, 7) is 17.3. The van der Waals surface area contributed by atoms with Crippen LogP contribution in [0.4, 0.5) is 34.5 Å². The third-order valence-corrected chi connectivity index (χ3v) is 22.0. The summed E-state index contributed by atoms with van der Waals surface area (Å²) in [4.78, 5) is 90.8. The molecule has 3 N–H and O–H groups in total. The van der Waals surface area contributed by atoms with Gasteiger partial charge in [-0.2, -0.15) is 0 Å². The largest absolute Gasteiger partial charge is 0.488 e. The number of nitrogens with one attached hydrogen (secondary N) is 3. The van der Waals surface area contributed by atoms with Gasteiger partial charge in [0.15, 0.2) is 0 Å². The van der Waals surface area contributed by atoms with Gasteiger partial charge in [0.1, 0.15) is 51.6 Å². The van der Waals surface area contributed by atoms with E-state index in [1.54, 1.807) is 56.7 Å². The van der Waals surface area contributed by atoms with Crippen LogP contribution in [-0.2, 0) is 14.2 Å². The molecule has 8 fully saturated rings. The van der Waals surface area contributed by atoms with Gasteiger partial charge in [0.05, 0.1) is 99.1 Å². The van der Waals surface area contributed by atoms with Crippen LogP contribution < -0.4 is 59.4 Å². The number of benzene rings is 3. The number of methoxy groups -OCH3 is 1. The molecule has 0 radical (unpaired) electrons. The number of anilines is 6. The summed E-state index contributed by atoms with van der Waals surface area (Å²) < 4.78 is 41.3. The number of aromatic nitrogens is 11. The predicted molar refractivity (Wildman–Crippen MR) is 421 cm³/mol. The summed E-state index contributed by atoms with van der Waals surface area (Å²) >= 11 is 0. The van der Waals surface area contributed by atoms with E-state index in [2.05, 4.69) is 156 Å². The molecule has 5 saturated heterocycles. The number of hydrogen-bond donors (Lipinski definition) is 3. The van der Waals surface area contributed by atoms with Crippen LogP contribution in [0.25, 0.3) is 33.1 Å². The fourth-order valence-corrected chi connectivity index (χ4v) is 15.5. The second-order valence-corrected chi connectivity index (χ2v) is 29.5. The van der Waals surface area contributed by atoms with Gasteiger partial charge in [-0.25, -0.2) is 39.9 Å². The van der Waals surface area contributed by atoms with Crippen molar-refractivity contribution in [2.75, 3.05) is 182 Å². The maximum Gasteiger partial charge on any atom is 0.270 e. The van der Waals surface area contributed by atoms with Crippen LogP contribution in [0.1, 0.15) is 97.9 Å². The number of amides is 2. The predicted octanol–water partition coefficient (Wildman–Crippen LogP) is 7.93. The molecular weight excluding hydrogens is 1400 g/mol. The standard InChI is InChI=1S/C29H37N7O3.C28H36N8O3.C23H28N6O3/c1-34-10-12-35(13-11-34)22-4-7-25(32-20-22)29(37)33-21-2-5-24(6-3-21)39-27-19-23(36-14-16-38-17-15-36)18-26-28(27)31-9-8-30-26;1-34-8-10-36(11-9-34)28-31-18-20(19-32-28)27(37)33-21-2-4-23(5-3-21)39-25-17-22(35-12-14-38-15-13-35)16-24-26(25)30-7-6-29-24;1-30-22-14-21(26-15-27-22)28-16-2-4-18(5-3-16)32-20-13-17(29-8-10-31-11-9-29)12-19-23(20)25-7-6-24-19/h4,7-9,18-21,24H,2-3,5-6,10-17H2,1H3,(H,33,37);6-7,16-19,21,23H,2-5,8-15H2,1H3,(H,33,37);6-7,12-16,18H,2-5,8-11H2,1H3,(H,26,27,28). The van der Waals surface area contributed by atoms with Crippen molar-refractivity contribution >= 4 is 79.4 Å². The normalized spacial score (nSPS) is 22.2. The highest BCUT2D eigenvalue weighted by Gasteiger charge is 2.31. The van der Waals surface area contributed by atoms with Crippen LogP contribution >= 0.6 is 0 Å². The topological polar surface area (TPSA) is 299 Å². The minimum absolute atomic E-state index is 0.0644. The lowest BCUT2D eigenvalue weighted by molar-refractivity contribution is 0.0885. The smallest absolute Gasteiger partial charge is 0.270 e. The van der Waals surface area contributed by atoms with Crippen LogP contribution in [0.15, 0.2) is 117 Å². The van der Waals surface area contributed by atoms with Gasteiger partial charge in [0.25, 0.3) is 11.8 Å². The Labute approximate surface area is 641 Å². The monoisotopic (exact) mass is 1500 g/mol. The fourth-order valence-electron chi connectivity index (χ4n) is 15.5. The molecule has 110 heavy (non-hydrogen) atoms. The van der Waals surface area contributed by atoms with Crippen LogP contribution in [0.3, 0.4) is 0 Å². The quantitative estimate of drug-likeness (QED) is 0.0734. The van der Waals surface area contributed by atoms with E-state index < -0.39 is 0 Å².